The van der Waals surface area contributed by atoms with Crippen molar-refractivity contribution in [1.82, 2.24) is 0 Å². The molecule has 4 unspecified atom stereocenters. The van der Waals surface area contributed by atoms with Crippen LogP contribution in [0, 0.1) is 16.7 Å². The average Bonchev–Trinajstić information content (AvgIpc) is 2.61. The Kier molecular flexibility index (Phi) is 3.45. The highest BCUT2D eigenvalue weighted by molar-refractivity contribution is 5.72. The fourth-order valence-corrected chi connectivity index (χ4v) is 3.84. The van der Waals surface area contributed by atoms with Crippen molar-refractivity contribution in [1.29, 1.82) is 0 Å². The molecule has 18 heavy (non-hydrogen) atoms. The maximum atomic E-state index is 10.6. The van der Waals surface area contributed by atoms with Crippen LogP contribution in [0.5, 0.6) is 0 Å². The largest absolute Gasteiger partial charge is 0.480 e. The number of nitrogens with two attached hydrogens (primary N) is 1. The monoisotopic (exact) mass is 255 g/mol. The smallest absolute Gasteiger partial charge is 0.320 e. The van der Waals surface area contributed by atoms with Crippen LogP contribution in [-0.2, 0) is 9.53 Å². The number of hydrogen-bond donors (Lipinski definition) is 2. The Morgan fingerprint density at radius 2 is 2.17 bits per heavy atom. The standard InChI is InChI=1S/C14H25NO3/c1-13(2)9-4-6-14(13,3)11(8-9)18-7-5-10(15)12(16)17/h9-11H,4-8,15H2,1-3H3,(H,16,17). The third kappa shape index (κ3) is 1.95. The lowest BCUT2D eigenvalue weighted by Gasteiger charge is -2.39. The fraction of sp³-hybridized carbons (Fsp3) is 0.929. The van der Waals surface area contributed by atoms with E-state index in [1.54, 1.807) is 0 Å². The minimum Gasteiger partial charge on any atom is -0.480 e. The summed E-state index contributed by atoms with van der Waals surface area (Å²) in [5, 5.41) is 8.73. The lowest BCUT2D eigenvalue weighted by molar-refractivity contribution is -0.139. The SMILES string of the molecule is CC1(C)C2CCC1(C)C(OCCC(N)C(=O)O)C2. The van der Waals surface area contributed by atoms with E-state index in [0.717, 1.165) is 12.3 Å². The molecule has 0 amide bonds. The van der Waals surface area contributed by atoms with Crippen LogP contribution in [0.4, 0.5) is 0 Å². The maximum Gasteiger partial charge on any atom is 0.320 e. The van der Waals surface area contributed by atoms with Gasteiger partial charge in [-0.25, -0.2) is 0 Å². The molecule has 0 spiro atoms. The summed E-state index contributed by atoms with van der Waals surface area (Å²) in [7, 11) is 0. The molecule has 0 aliphatic heterocycles. The van der Waals surface area contributed by atoms with Crippen LogP contribution >= 0.6 is 0 Å². The first-order valence-electron chi connectivity index (χ1n) is 6.89. The zero-order chi connectivity index (χ0) is 13.6. The summed E-state index contributed by atoms with van der Waals surface area (Å²) >= 11 is 0. The Balaban J connectivity index is 1.88. The first-order valence-corrected chi connectivity index (χ1v) is 6.89. The van der Waals surface area contributed by atoms with Gasteiger partial charge in [-0.1, -0.05) is 20.8 Å². The highest BCUT2D eigenvalue weighted by Gasteiger charge is 2.61. The predicted molar refractivity (Wildman–Crippen MR) is 69.2 cm³/mol. The molecule has 4 heteroatoms. The van der Waals surface area contributed by atoms with Gasteiger partial charge in [0.05, 0.1) is 6.10 Å². The van der Waals surface area contributed by atoms with Gasteiger partial charge < -0.3 is 15.6 Å². The second-order valence-electron chi connectivity index (χ2n) is 6.70. The summed E-state index contributed by atoms with van der Waals surface area (Å²) in [5.74, 6) is -0.196. The molecule has 4 nitrogen and oxygen atoms in total. The van der Waals surface area contributed by atoms with Gasteiger partial charge in [0.15, 0.2) is 0 Å². The minimum absolute atomic E-state index is 0.241. The maximum absolute atomic E-state index is 10.6. The van der Waals surface area contributed by atoms with Crippen molar-refractivity contribution in [3.05, 3.63) is 0 Å². The van der Waals surface area contributed by atoms with Crippen LogP contribution in [0.1, 0.15) is 46.5 Å². The van der Waals surface area contributed by atoms with Crippen molar-refractivity contribution in [2.24, 2.45) is 22.5 Å². The zero-order valence-electron chi connectivity index (χ0n) is 11.6. The van der Waals surface area contributed by atoms with E-state index in [1.165, 1.54) is 12.8 Å². The van der Waals surface area contributed by atoms with E-state index in [4.69, 9.17) is 15.6 Å². The third-order valence-corrected chi connectivity index (χ3v) is 5.78. The number of carboxylic acids is 1. The molecule has 2 fully saturated rings. The van der Waals surface area contributed by atoms with Gasteiger partial charge in [0.1, 0.15) is 6.04 Å². The van der Waals surface area contributed by atoms with E-state index in [0.29, 0.717) is 18.4 Å². The Bertz CT molecular complexity index is 342. The quantitative estimate of drug-likeness (QED) is 0.788. The summed E-state index contributed by atoms with van der Waals surface area (Å²) in [6.07, 6.45) is 4.31. The molecule has 2 saturated carbocycles. The minimum atomic E-state index is -0.946. The molecule has 0 aromatic carbocycles. The summed E-state index contributed by atoms with van der Waals surface area (Å²) < 4.78 is 5.95. The summed E-state index contributed by atoms with van der Waals surface area (Å²) in [6, 6.07) is -0.801. The number of carbonyl (C=O) groups is 1. The normalized spacial score (nSPS) is 38.9. The van der Waals surface area contributed by atoms with Gasteiger partial charge in [0.25, 0.3) is 0 Å². The molecule has 2 aliphatic rings. The van der Waals surface area contributed by atoms with E-state index in [9.17, 15) is 4.79 Å². The molecule has 104 valence electrons. The van der Waals surface area contributed by atoms with Gasteiger partial charge >= 0.3 is 5.97 Å². The molecule has 0 aromatic rings. The van der Waals surface area contributed by atoms with Gasteiger partial charge in [-0.2, -0.15) is 0 Å². The van der Waals surface area contributed by atoms with Crippen LogP contribution in [0.3, 0.4) is 0 Å². The highest BCUT2D eigenvalue weighted by atomic mass is 16.5. The van der Waals surface area contributed by atoms with Crippen LogP contribution < -0.4 is 5.73 Å². The van der Waals surface area contributed by atoms with Crippen molar-refractivity contribution in [3.8, 4) is 0 Å². The molecule has 0 radical (unpaired) electrons. The lowest BCUT2D eigenvalue weighted by atomic mass is 9.70. The van der Waals surface area contributed by atoms with E-state index >= 15 is 0 Å². The summed E-state index contributed by atoms with van der Waals surface area (Å²) in [5.41, 5.74) is 6.06. The zero-order valence-corrected chi connectivity index (χ0v) is 11.6. The molecule has 2 bridgehead atoms. The number of ether oxygens (including phenoxy) is 1. The van der Waals surface area contributed by atoms with Gasteiger partial charge in [-0.15, -0.1) is 0 Å². The molecule has 2 aliphatic carbocycles. The van der Waals surface area contributed by atoms with Gasteiger partial charge in [-0.3, -0.25) is 4.79 Å². The summed E-state index contributed by atoms with van der Waals surface area (Å²) in [6.45, 7) is 7.46. The van der Waals surface area contributed by atoms with E-state index in [-0.39, 0.29) is 11.5 Å². The Hall–Kier alpha value is -0.610. The van der Waals surface area contributed by atoms with Crippen molar-refractivity contribution in [2.75, 3.05) is 6.61 Å². The first-order chi connectivity index (χ1) is 8.29. The number of aliphatic carboxylic acids is 1. The molecular weight excluding hydrogens is 230 g/mol. The van der Waals surface area contributed by atoms with Crippen LogP contribution in [0.2, 0.25) is 0 Å². The number of rotatable bonds is 5. The van der Waals surface area contributed by atoms with Gasteiger partial charge in [0, 0.05) is 6.61 Å². The molecule has 4 atom stereocenters. The molecule has 0 aromatic heterocycles. The average molecular weight is 255 g/mol. The van der Waals surface area contributed by atoms with Crippen molar-refractivity contribution >= 4 is 5.97 Å². The Morgan fingerprint density at radius 1 is 1.50 bits per heavy atom. The molecule has 2 rings (SSSR count). The predicted octanol–water partition coefficient (Wildman–Crippen LogP) is 2.02. The molecule has 0 heterocycles. The Labute approximate surface area is 109 Å². The van der Waals surface area contributed by atoms with E-state index in [1.807, 2.05) is 0 Å². The molecule has 3 N–H and O–H groups in total. The third-order valence-electron chi connectivity index (χ3n) is 5.78. The number of hydrogen-bond acceptors (Lipinski definition) is 3. The van der Waals surface area contributed by atoms with Gasteiger partial charge in [-0.05, 0) is 42.4 Å². The summed E-state index contributed by atoms with van der Waals surface area (Å²) in [4.78, 5) is 10.6. The highest BCUT2D eigenvalue weighted by Crippen LogP contribution is 2.66. The van der Waals surface area contributed by atoms with Crippen molar-refractivity contribution in [3.63, 3.8) is 0 Å². The van der Waals surface area contributed by atoms with Crippen LogP contribution in [0.15, 0.2) is 0 Å². The number of carboxylic acid groups (broad SMARTS) is 1. The molecular formula is C14H25NO3. The van der Waals surface area contributed by atoms with Gasteiger partial charge in [0.2, 0.25) is 0 Å². The van der Waals surface area contributed by atoms with Crippen LogP contribution in [0.25, 0.3) is 0 Å². The topological polar surface area (TPSA) is 72.5 Å². The van der Waals surface area contributed by atoms with Crippen molar-refractivity contribution in [2.45, 2.75) is 58.6 Å². The van der Waals surface area contributed by atoms with Crippen LogP contribution in [-0.4, -0.2) is 29.8 Å². The lowest BCUT2D eigenvalue weighted by Crippen LogP contribution is -2.38. The van der Waals surface area contributed by atoms with Crippen molar-refractivity contribution < 1.29 is 14.6 Å². The fourth-order valence-electron chi connectivity index (χ4n) is 3.84. The van der Waals surface area contributed by atoms with E-state index < -0.39 is 12.0 Å². The number of fused-ring (bicyclic) bond motifs is 2. The Morgan fingerprint density at radius 3 is 2.61 bits per heavy atom. The second-order valence-corrected chi connectivity index (χ2v) is 6.70. The second kappa shape index (κ2) is 4.49. The van der Waals surface area contributed by atoms with E-state index in [2.05, 4.69) is 20.8 Å². The molecule has 0 saturated heterocycles. The first kappa shape index (κ1) is 13.8.